The number of hydrogen-bond acceptors (Lipinski definition) is 4. The summed E-state index contributed by atoms with van der Waals surface area (Å²) in [5.41, 5.74) is 2.52. The van der Waals surface area contributed by atoms with E-state index in [2.05, 4.69) is 10.1 Å². The van der Waals surface area contributed by atoms with E-state index in [0.29, 0.717) is 11.4 Å². The second-order valence-corrected chi connectivity index (χ2v) is 5.88. The summed E-state index contributed by atoms with van der Waals surface area (Å²) in [5, 5.41) is 4.15. The second-order valence-electron chi connectivity index (χ2n) is 5.88. The molecule has 2 aromatic carbocycles. The zero-order chi connectivity index (χ0) is 18.8. The summed E-state index contributed by atoms with van der Waals surface area (Å²) in [4.78, 5) is 16.5. The standard InChI is InChI=1S/C21H16FN3O2/c1-2-27-21(26)19-18(22)20-23-16(14-9-5-3-6-10-14)13-17(25(20)24-19)15-11-7-4-8-12-15/h3-13H,2H2,1H3. The quantitative estimate of drug-likeness (QED) is 0.506. The number of fused-ring (bicyclic) bond motifs is 1. The van der Waals surface area contributed by atoms with Crippen LogP contribution < -0.4 is 0 Å². The molecule has 0 aliphatic heterocycles. The van der Waals surface area contributed by atoms with Crippen molar-refractivity contribution in [1.29, 1.82) is 0 Å². The highest BCUT2D eigenvalue weighted by Gasteiger charge is 2.24. The third-order valence-corrected chi connectivity index (χ3v) is 4.14. The van der Waals surface area contributed by atoms with Gasteiger partial charge in [0, 0.05) is 11.1 Å². The molecule has 0 bridgehead atoms. The Balaban J connectivity index is 2.00. The monoisotopic (exact) mass is 361 g/mol. The molecule has 0 saturated heterocycles. The SMILES string of the molecule is CCOC(=O)c1nn2c(-c3ccccc3)cc(-c3ccccc3)nc2c1F. The van der Waals surface area contributed by atoms with Gasteiger partial charge in [-0.15, -0.1) is 0 Å². The van der Waals surface area contributed by atoms with Crippen LogP contribution in [0.1, 0.15) is 17.4 Å². The Hall–Kier alpha value is -3.54. The van der Waals surface area contributed by atoms with Crippen LogP contribution in [0.15, 0.2) is 66.7 Å². The highest BCUT2D eigenvalue weighted by atomic mass is 19.1. The van der Waals surface area contributed by atoms with E-state index in [9.17, 15) is 9.18 Å². The van der Waals surface area contributed by atoms with Gasteiger partial charge < -0.3 is 4.74 Å². The van der Waals surface area contributed by atoms with Crippen molar-refractivity contribution in [3.63, 3.8) is 0 Å². The van der Waals surface area contributed by atoms with Crippen LogP contribution >= 0.6 is 0 Å². The lowest BCUT2D eigenvalue weighted by atomic mass is 10.1. The number of ether oxygens (including phenoxy) is 1. The Kier molecular flexibility index (Phi) is 4.38. The van der Waals surface area contributed by atoms with Gasteiger partial charge in [-0.05, 0) is 13.0 Å². The van der Waals surface area contributed by atoms with Crippen LogP contribution in [0.2, 0.25) is 0 Å². The van der Waals surface area contributed by atoms with Crippen molar-refractivity contribution in [2.24, 2.45) is 0 Å². The van der Waals surface area contributed by atoms with Crippen molar-refractivity contribution in [1.82, 2.24) is 14.6 Å². The molecule has 4 rings (SSSR count). The van der Waals surface area contributed by atoms with Crippen molar-refractivity contribution in [2.45, 2.75) is 6.92 Å². The molecule has 134 valence electrons. The van der Waals surface area contributed by atoms with E-state index in [-0.39, 0.29) is 17.9 Å². The molecular weight excluding hydrogens is 345 g/mol. The van der Waals surface area contributed by atoms with Crippen molar-refractivity contribution in [3.8, 4) is 22.5 Å². The highest BCUT2D eigenvalue weighted by Crippen LogP contribution is 2.28. The summed E-state index contributed by atoms with van der Waals surface area (Å²) in [7, 11) is 0. The molecular formula is C21H16FN3O2. The zero-order valence-electron chi connectivity index (χ0n) is 14.6. The van der Waals surface area contributed by atoms with Gasteiger partial charge in [-0.3, -0.25) is 0 Å². The molecule has 0 aliphatic rings. The van der Waals surface area contributed by atoms with Crippen LogP contribution in [-0.2, 0) is 4.74 Å². The van der Waals surface area contributed by atoms with E-state index in [1.165, 1.54) is 4.52 Å². The van der Waals surface area contributed by atoms with Crippen LogP contribution in [0.4, 0.5) is 4.39 Å². The molecule has 0 radical (unpaired) electrons. The number of esters is 1. The van der Waals surface area contributed by atoms with Gasteiger partial charge >= 0.3 is 5.97 Å². The number of aromatic nitrogens is 3. The smallest absolute Gasteiger partial charge is 0.362 e. The summed E-state index contributed by atoms with van der Waals surface area (Å²) in [6.45, 7) is 1.80. The number of nitrogens with zero attached hydrogens (tertiary/aromatic N) is 3. The molecule has 0 aliphatic carbocycles. The van der Waals surface area contributed by atoms with E-state index >= 15 is 0 Å². The topological polar surface area (TPSA) is 56.5 Å². The lowest BCUT2D eigenvalue weighted by Crippen LogP contribution is -2.07. The predicted molar refractivity (Wildman–Crippen MR) is 99.8 cm³/mol. The largest absolute Gasteiger partial charge is 0.461 e. The van der Waals surface area contributed by atoms with Gasteiger partial charge in [-0.1, -0.05) is 60.7 Å². The average molecular weight is 361 g/mol. The van der Waals surface area contributed by atoms with E-state index in [1.54, 1.807) is 6.92 Å². The Morgan fingerprint density at radius 2 is 1.67 bits per heavy atom. The fourth-order valence-corrected chi connectivity index (χ4v) is 2.89. The fraction of sp³-hybridized carbons (Fsp3) is 0.0952. The highest BCUT2D eigenvalue weighted by molar-refractivity contribution is 5.89. The van der Waals surface area contributed by atoms with Gasteiger partial charge in [0.1, 0.15) is 0 Å². The molecule has 0 saturated carbocycles. The van der Waals surface area contributed by atoms with Crippen molar-refractivity contribution in [2.75, 3.05) is 6.61 Å². The minimum Gasteiger partial charge on any atom is -0.461 e. The van der Waals surface area contributed by atoms with Gasteiger partial charge in [-0.2, -0.15) is 5.10 Å². The van der Waals surface area contributed by atoms with Crippen LogP contribution in [0.3, 0.4) is 0 Å². The number of carbonyl (C=O) groups is 1. The molecule has 2 heterocycles. The third kappa shape index (κ3) is 3.06. The molecule has 27 heavy (non-hydrogen) atoms. The van der Waals surface area contributed by atoms with E-state index in [1.807, 2.05) is 66.7 Å². The normalized spacial score (nSPS) is 10.9. The maximum absolute atomic E-state index is 14.9. The zero-order valence-corrected chi connectivity index (χ0v) is 14.6. The maximum atomic E-state index is 14.9. The van der Waals surface area contributed by atoms with E-state index in [0.717, 1.165) is 11.1 Å². The molecule has 2 aromatic heterocycles. The first-order valence-electron chi connectivity index (χ1n) is 8.56. The van der Waals surface area contributed by atoms with Gasteiger partial charge in [0.2, 0.25) is 11.5 Å². The lowest BCUT2D eigenvalue weighted by molar-refractivity contribution is 0.0514. The molecule has 0 fully saturated rings. The Labute approximate surface area is 155 Å². The molecule has 4 aromatic rings. The van der Waals surface area contributed by atoms with E-state index < -0.39 is 11.8 Å². The maximum Gasteiger partial charge on any atom is 0.362 e. The lowest BCUT2D eigenvalue weighted by Gasteiger charge is -2.08. The fourth-order valence-electron chi connectivity index (χ4n) is 2.89. The Morgan fingerprint density at radius 1 is 1.04 bits per heavy atom. The molecule has 0 unspecified atom stereocenters. The van der Waals surface area contributed by atoms with Crippen LogP contribution in [0.5, 0.6) is 0 Å². The van der Waals surface area contributed by atoms with Crippen molar-refractivity contribution < 1.29 is 13.9 Å². The molecule has 0 N–H and O–H groups in total. The average Bonchev–Trinajstić information content (AvgIpc) is 3.06. The first kappa shape index (κ1) is 16.9. The van der Waals surface area contributed by atoms with Crippen LogP contribution in [0, 0.1) is 5.82 Å². The Bertz CT molecular complexity index is 1110. The molecule has 0 amide bonds. The van der Waals surface area contributed by atoms with Crippen molar-refractivity contribution in [3.05, 3.63) is 78.2 Å². The summed E-state index contributed by atoms with van der Waals surface area (Å²) in [5.74, 6) is -1.59. The number of hydrogen-bond donors (Lipinski definition) is 0. The predicted octanol–water partition coefficient (Wildman–Crippen LogP) is 4.38. The van der Waals surface area contributed by atoms with Crippen molar-refractivity contribution >= 4 is 11.6 Å². The van der Waals surface area contributed by atoms with Gasteiger partial charge in [-0.25, -0.2) is 18.7 Å². The molecule has 5 nitrogen and oxygen atoms in total. The number of rotatable bonds is 4. The first-order chi connectivity index (χ1) is 13.2. The number of carbonyl (C=O) groups excluding carboxylic acids is 1. The molecule has 6 heteroatoms. The Morgan fingerprint density at radius 3 is 2.30 bits per heavy atom. The van der Waals surface area contributed by atoms with Crippen LogP contribution in [-0.4, -0.2) is 27.2 Å². The summed E-state index contributed by atoms with van der Waals surface area (Å²) in [6, 6.07) is 20.8. The van der Waals surface area contributed by atoms with Crippen LogP contribution in [0.25, 0.3) is 28.2 Å². The minimum atomic E-state index is -0.805. The summed E-state index contributed by atoms with van der Waals surface area (Å²) >= 11 is 0. The summed E-state index contributed by atoms with van der Waals surface area (Å²) < 4.78 is 21.2. The van der Waals surface area contributed by atoms with Gasteiger partial charge in [0.15, 0.2) is 5.65 Å². The number of halogens is 1. The first-order valence-corrected chi connectivity index (χ1v) is 8.56. The van der Waals surface area contributed by atoms with E-state index in [4.69, 9.17) is 4.74 Å². The number of benzene rings is 2. The van der Waals surface area contributed by atoms with Gasteiger partial charge in [0.05, 0.1) is 18.0 Å². The third-order valence-electron chi connectivity index (χ3n) is 4.14. The van der Waals surface area contributed by atoms with Gasteiger partial charge in [0.25, 0.3) is 0 Å². The second kappa shape index (κ2) is 6.99. The minimum absolute atomic E-state index is 0.0155. The molecule has 0 spiro atoms. The summed E-state index contributed by atoms with van der Waals surface area (Å²) in [6.07, 6.45) is 0. The molecule has 0 atom stereocenters.